The van der Waals surface area contributed by atoms with Gasteiger partial charge >= 0.3 is 0 Å². The predicted octanol–water partition coefficient (Wildman–Crippen LogP) is 0.824. The van der Waals surface area contributed by atoms with Crippen molar-refractivity contribution in [2.75, 3.05) is 14.1 Å². The second kappa shape index (κ2) is 6.77. The van der Waals surface area contributed by atoms with Crippen LogP contribution in [0.3, 0.4) is 0 Å². The lowest BCUT2D eigenvalue weighted by Gasteiger charge is -2.15. The molecule has 0 atom stereocenters. The number of amides is 1. The molecule has 1 heterocycles. The van der Waals surface area contributed by atoms with Crippen molar-refractivity contribution >= 4 is 11.9 Å². The minimum absolute atomic E-state index is 0.285. The predicted molar refractivity (Wildman–Crippen MR) is 88.0 cm³/mol. The highest BCUT2D eigenvalue weighted by atomic mass is 16.1. The van der Waals surface area contributed by atoms with Gasteiger partial charge in [-0.1, -0.05) is 6.07 Å². The SMILES string of the molecule is CN(C)Cc1ccc(C#N)n1-c1cccc(C(=O)N=C(N)N)c1. The third kappa shape index (κ3) is 3.75. The van der Waals surface area contributed by atoms with Crippen molar-refractivity contribution in [3.8, 4) is 11.8 Å². The largest absolute Gasteiger partial charge is 0.370 e. The van der Waals surface area contributed by atoms with E-state index in [2.05, 4.69) is 11.1 Å². The van der Waals surface area contributed by atoms with Crippen molar-refractivity contribution in [3.63, 3.8) is 0 Å². The number of guanidine groups is 1. The van der Waals surface area contributed by atoms with Crippen LogP contribution in [0.25, 0.3) is 5.69 Å². The lowest BCUT2D eigenvalue weighted by Crippen LogP contribution is -2.24. The molecule has 7 nitrogen and oxygen atoms in total. The summed E-state index contributed by atoms with van der Waals surface area (Å²) in [5.74, 6) is -0.806. The van der Waals surface area contributed by atoms with Gasteiger partial charge in [0.25, 0.3) is 5.91 Å². The molecular formula is C16H18N6O. The molecule has 0 saturated heterocycles. The number of benzene rings is 1. The molecule has 0 saturated carbocycles. The lowest BCUT2D eigenvalue weighted by atomic mass is 10.2. The average Bonchev–Trinajstić information content (AvgIpc) is 2.88. The van der Waals surface area contributed by atoms with Gasteiger partial charge in [-0.05, 0) is 44.4 Å². The summed E-state index contributed by atoms with van der Waals surface area (Å²) in [5, 5.41) is 9.32. The number of aromatic nitrogens is 1. The first kappa shape index (κ1) is 16.3. The van der Waals surface area contributed by atoms with Crippen molar-refractivity contribution in [2.45, 2.75) is 6.54 Å². The summed E-state index contributed by atoms with van der Waals surface area (Å²) in [6.45, 7) is 0.660. The molecule has 2 aromatic rings. The van der Waals surface area contributed by atoms with E-state index in [-0.39, 0.29) is 5.96 Å². The van der Waals surface area contributed by atoms with E-state index in [1.54, 1.807) is 24.3 Å². The summed E-state index contributed by atoms with van der Waals surface area (Å²) in [6.07, 6.45) is 0. The molecule has 4 N–H and O–H groups in total. The summed E-state index contributed by atoms with van der Waals surface area (Å²) in [7, 11) is 3.89. The molecule has 1 amide bonds. The van der Waals surface area contributed by atoms with Gasteiger partial charge in [-0.2, -0.15) is 10.3 Å². The Morgan fingerprint density at radius 3 is 2.65 bits per heavy atom. The molecule has 0 aliphatic rings. The van der Waals surface area contributed by atoms with E-state index in [9.17, 15) is 10.1 Å². The Kier molecular flexibility index (Phi) is 4.79. The molecule has 0 unspecified atom stereocenters. The van der Waals surface area contributed by atoms with Crippen molar-refractivity contribution in [1.82, 2.24) is 9.47 Å². The quantitative estimate of drug-likeness (QED) is 0.641. The first-order valence-corrected chi connectivity index (χ1v) is 6.92. The topological polar surface area (TPSA) is 113 Å². The van der Waals surface area contributed by atoms with Crippen LogP contribution in [-0.2, 0) is 6.54 Å². The van der Waals surface area contributed by atoms with Gasteiger partial charge in [0, 0.05) is 23.5 Å². The molecular weight excluding hydrogens is 292 g/mol. The summed E-state index contributed by atoms with van der Waals surface area (Å²) >= 11 is 0. The number of nitrogens with zero attached hydrogens (tertiary/aromatic N) is 4. The lowest BCUT2D eigenvalue weighted by molar-refractivity contribution is 0.100. The van der Waals surface area contributed by atoms with Gasteiger partial charge in [-0.15, -0.1) is 0 Å². The number of rotatable bonds is 4. The molecule has 1 aromatic carbocycles. The number of carbonyl (C=O) groups excluding carboxylic acids is 1. The molecule has 2 rings (SSSR count). The normalized spacial score (nSPS) is 10.3. The van der Waals surface area contributed by atoms with Crippen LogP contribution < -0.4 is 11.5 Å². The van der Waals surface area contributed by atoms with Gasteiger partial charge in [0.2, 0.25) is 0 Å². The van der Waals surface area contributed by atoms with Crippen molar-refractivity contribution in [3.05, 3.63) is 53.3 Å². The first-order chi connectivity index (χ1) is 10.9. The van der Waals surface area contributed by atoms with E-state index in [1.165, 1.54) is 0 Å². The zero-order valence-corrected chi connectivity index (χ0v) is 13.0. The Labute approximate surface area is 134 Å². The number of nitriles is 1. The zero-order valence-electron chi connectivity index (χ0n) is 13.0. The molecule has 0 radical (unpaired) electrons. The van der Waals surface area contributed by atoms with Crippen LogP contribution in [0.2, 0.25) is 0 Å². The average molecular weight is 310 g/mol. The molecule has 118 valence electrons. The fourth-order valence-corrected chi connectivity index (χ4v) is 2.28. The Bertz CT molecular complexity index is 793. The number of hydrogen-bond donors (Lipinski definition) is 2. The maximum atomic E-state index is 12.0. The van der Waals surface area contributed by atoms with Gasteiger partial charge in [-0.25, -0.2) is 0 Å². The van der Waals surface area contributed by atoms with E-state index in [0.717, 1.165) is 5.69 Å². The second-order valence-electron chi connectivity index (χ2n) is 5.29. The maximum Gasteiger partial charge on any atom is 0.280 e. The highest BCUT2D eigenvalue weighted by molar-refractivity contribution is 6.02. The summed E-state index contributed by atoms with van der Waals surface area (Å²) in [5.41, 5.74) is 13.0. The Morgan fingerprint density at radius 1 is 1.30 bits per heavy atom. The van der Waals surface area contributed by atoms with Crippen LogP contribution in [0.4, 0.5) is 0 Å². The Balaban J connectivity index is 2.51. The van der Waals surface area contributed by atoms with E-state index in [4.69, 9.17) is 11.5 Å². The standard InChI is InChI=1S/C16H18N6O/c1-21(2)10-14-7-6-13(9-17)22(14)12-5-3-4-11(8-12)15(23)20-16(18)19/h3-8H,10H2,1-2H3,(H4,18,19,20,23). The first-order valence-electron chi connectivity index (χ1n) is 6.92. The third-order valence-corrected chi connectivity index (χ3v) is 3.14. The second-order valence-corrected chi connectivity index (χ2v) is 5.29. The highest BCUT2D eigenvalue weighted by Crippen LogP contribution is 2.19. The van der Waals surface area contributed by atoms with Crippen LogP contribution in [0, 0.1) is 11.3 Å². The number of hydrogen-bond acceptors (Lipinski definition) is 3. The van der Waals surface area contributed by atoms with Gasteiger partial charge in [-0.3, -0.25) is 4.79 Å². The molecule has 23 heavy (non-hydrogen) atoms. The van der Waals surface area contributed by atoms with Crippen LogP contribution in [-0.4, -0.2) is 35.4 Å². The van der Waals surface area contributed by atoms with Gasteiger partial charge in [0.1, 0.15) is 11.8 Å². The molecule has 0 aliphatic carbocycles. The molecule has 7 heteroatoms. The zero-order chi connectivity index (χ0) is 17.0. The molecule has 1 aromatic heterocycles. The van der Waals surface area contributed by atoms with Gasteiger partial charge in [0.15, 0.2) is 5.96 Å². The van der Waals surface area contributed by atoms with E-state index >= 15 is 0 Å². The van der Waals surface area contributed by atoms with E-state index in [1.807, 2.05) is 35.7 Å². The third-order valence-electron chi connectivity index (χ3n) is 3.14. The number of carbonyl (C=O) groups is 1. The molecule has 0 fully saturated rings. The number of nitrogens with two attached hydrogens (primary N) is 2. The summed E-state index contributed by atoms with van der Waals surface area (Å²) in [4.78, 5) is 17.5. The Morgan fingerprint density at radius 2 is 2.04 bits per heavy atom. The van der Waals surface area contributed by atoms with E-state index in [0.29, 0.717) is 23.5 Å². The fraction of sp³-hybridized carbons (Fsp3) is 0.188. The fourth-order valence-electron chi connectivity index (χ4n) is 2.28. The molecule has 0 aliphatic heterocycles. The minimum atomic E-state index is -0.522. The van der Waals surface area contributed by atoms with Crippen LogP contribution in [0.5, 0.6) is 0 Å². The van der Waals surface area contributed by atoms with Crippen LogP contribution >= 0.6 is 0 Å². The van der Waals surface area contributed by atoms with Gasteiger partial charge < -0.3 is 20.9 Å². The summed E-state index contributed by atoms with van der Waals surface area (Å²) < 4.78 is 1.81. The Hall–Kier alpha value is -3.11. The smallest absolute Gasteiger partial charge is 0.280 e. The minimum Gasteiger partial charge on any atom is -0.370 e. The molecule has 0 spiro atoms. The van der Waals surface area contributed by atoms with Crippen LogP contribution in [0.1, 0.15) is 21.7 Å². The van der Waals surface area contributed by atoms with Crippen molar-refractivity contribution in [1.29, 1.82) is 5.26 Å². The van der Waals surface area contributed by atoms with Crippen molar-refractivity contribution in [2.24, 2.45) is 16.5 Å². The molecule has 0 bridgehead atoms. The monoisotopic (exact) mass is 310 g/mol. The van der Waals surface area contributed by atoms with Gasteiger partial charge in [0.05, 0.1) is 0 Å². The highest BCUT2D eigenvalue weighted by Gasteiger charge is 2.13. The number of aliphatic imine (C=N–C) groups is 1. The van der Waals surface area contributed by atoms with Crippen molar-refractivity contribution < 1.29 is 4.79 Å². The van der Waals surface area contributed by atoms with Crippen LogP contribution in [0.15, 0.2) is 41.4 Å². The van der Waals surface area contributed by atoms with E-state index < -0.39 is 5.91 Å². The summed E-state index contributed by atoms with van der Waals surface area (Å²) in [6, 6.07) is 12.6. The maximum absolute atomic E-state index is 12.0.